The van der Waals surface area contributed by atoms with Crippen molar-refractivity contribution in [1.82, 2.24) is 4.98 Å². The van der Waals surface area contributed by atoms with Crippen LogP contribution in [0.4, 0.5) is 0 Å². The van der Waals surface area contributed by atoms with Crippen molar-refractivity contribution >= 4 is 39.8 Å². The van der Waals surface area contributed by atoms with E-state index in [0.29, 0.717) is 13.0 Å². The Morgan fingerprint density at radius 3 is 2.11 bits per heavy atom. The molecular formula is C44H79NO6SSi2. The van der Waals surface area contributed by atoms with Crippen LogP contribution in [0.2, 0.25) is 36.3 Å². The number of aliphatic hydroxyl groups excluding tert-OH is 1. The minimum Gasteiger partial charge on any atom is -0.413 e. The lowest BCUT2D eigenvalue weighted by Crippen LogP contribution is -2.52. The Labute approximate surface area is 337 Å². The molecule has 1 N–H and O–H groups in total. The highest BCUT2D eigenvalue weighted by Crippen LogP contribution is 2.42. The number of ketones is 1. The van der Waals surface area contributed by atoms with Gasteiger partial charge in [-0.25, -0.2) is 4.98 Å². The van der Waals surface area contributed by atoms with Crippen LogP contribution in [0.1, 0.15) is 139 Å². The zero-order valence-electron chi connectivity index (χ0n) is 37.4. The first-order valence-corrected chi connectivity index (χ1v) is 27.1. The van der Waals surface area contributed by atoms with Gasteiger partial charge in [-0.15, -0.1) is 11.3 Å². The van der Waals surface area contributed by atoms with Gasteiger partial charge in [-0.05, 0) is 126 Å². The lowest BCUT2D eigenvalue weighted by Gasteiger charge is -2.45. The van der Waals surface area contributed by atoms with Gasteiger partial charge >= 0.3 is 0 Å². The molecule has 10 heteroatoms. The highest BCUT2D eigenvalue weighted by Gasteiger charge is 2.47. The Morgan fingerprint density at radius 1 is 0.981 bits per heavy atom. The molecule has 7 nitrogen and oxygen atoms in total. The zero-order valence-corrected chi connectivity index (χ0v) is 40.2. The van der Waals surface area contributed by atoms with Crippen LogP contribution in [0, 0.1) is 18.3 Å². The van der Waals surface area contributed by atoms with Gasteiger partial charge in [0.25, 0.3) is 0 Å². The van der Waals surface area contributed by atoms with Crippen molar-refractivity contribution < 1.29 is 28.2 Å². The molecule has 5 atom stereocenters. The summed E-state index contributed by atoms with van der Waals surface area (Å²) in [4.78, 5) is 19.2. The number of hydrogen-bond acceptors (Lipinski definition) is 8. The first kappa shape index (κ1) is 48.9. The molecule has 0 amide bonds. The fourth-order valence-electron chi connectivity index (χ4n) is 6.39. The molecule has 54 heavy (non-hydrogen) atoms. The Kier molecular flexibility index (Phi) is 18.5. The van der Waals surface area contributed by atoms with E-state index < -0.39 is 40.2 Å². The average Bonchev–Trinajstić information content (AvgIpc) is 3.47. The predicted molar refractivity (Wildman–Crippen MR) is 234 cm³/mol. The minimum atomic E-state index is -2.21. The van der Waals surface area contributed by atoms with Crippen molar-refractivity contribution in [3.8, 4) is 0 Å². The number of Topliss-reactive ketones (excluding diaryl/α,β-unsaturated/α-hetero) is 1. The Hall–Kier alpha value is -1.25. The van der Waals surface area contributed by atoms with E-state index in [1.54, 1.807) is 11.3 Å². The van der Waals surface area contributed by atoms with Crippen LogP contribution in [0.25, 0.3) is 6.08 Å². The number of carbonyl (C=O) groups excluding carboxylic acids is 1. The molecular weight excluding hydrogens is 727 g/mol. The summed E-state index contributed by atoms with van der Waals surface area (Å²) in [5.74, 6) is -0.333. The van der Waals surface area contributed by atoms with Gasteiger partial charge in [0.05, 0.1) is 29.0 Å². The summed E-state index contributed by atoms with van der Waals surface area (Å²) in [6.45, 7) is 37.7. The van der Waals surface area contributed by atoms with Crippen LogP contribution in [0.5, 0.6) is 0 Å². The summed E-state index contributed by atoms with van der Waals surface area (Å²) in [6.07, 6.45) is 11.5. The largest absolute Gasteiger partial charge is 0.413 e. The monoisotopic (exact) mass is 806 g/mol. The SMILES string of the molecule is C/C(=C\C[C@H](O[Si](C)(C)C(C)(C)C)/C(C)=C/c1csc(C)n1)CC/C=C(\C)[C@H](OC1CCCCO1)[C@@H](C)C(=O)C(C)(C)[C@H](CCO)O[Si](C)(C)C(C)(C)C. The summed E-state index contributed by atoms with van der Waals surface area (Å²) in [5, 5.41) is 13.3. The van der Waals surface area contributed by atoms with Gasteiger partial charge in [-0.1, -0.05) is 80.0 Å². The van der Waals surface area contributed by atoms with E-state index >= 15 is 0 Å². The van der Waals surface area contributed by atoms with Crippen LogP contribution < -0.4 is 0 Å². The number of allylic oxidation sites excluding steroid dienone is 2. The standard InChI is InChI=1S/C44H79NO6SSi2/c1-31(24-25-37(50-53(14,15)42(6,7)8)33(3)29-36-30-52-35(5)45-36)21-20-22-32(2)40(49-39-23-18-19-28-48-39)34(4)41(47)44(12,13)38(26-27-46)51-54(16,17)43(9,10)11/h22,24,29-30,34,37-40,46H,18-21,23,25-28H2,1-17H3/b31-24+,32-22+,33-29+/t34-,37+,38+,39?,40+/m1/s1. The molecule has 0 saturated carbocycles. The summed E-state index contributed by atoms with van der Waals surface area (Å²) < 4.78 is 26.6. The predicted octanol–water partition coefficient (Wildman–Crippen LogP) is 12.2. The molecule has 1 unspecified atom stereocenters. The average molecular weight is 806 g/mol. The number of aryl methyl sites for hydroxylation is 1. The second-order valence-corrected chi connectivity index (χ2v) is 30.0. The van der Waals surface area contributed by atoms with Crippen molar-refractivity contribution in [3.05, 3.63) is 45.0 Å². The topological polar surface area (TPSA) is 87.1 Å². The number of aromatic nitrogens is 1. The van der Waals surface area contributed by atoms with E-state index in [1.165, 1.54) is 11.1 Å². The number of thiazole rings is 1. The van der Waals surface area contributed by atoms with Crippen LogP contribution in [0.15, 0.2) is 34.3 Å². The molecule has 2 rings (SSSR count). The molecule has 1 fully saturated rings. The summed E-state index contributed by atoms with van der Waals surface area (Å²) in [6, 6.07) is 0. The normalized spacial score (nSPS) is 19.8. The number of rotatable bonds is 20. The number of carbonyl (C=O) groups is 1. The van der Waals surface area contributed by atoms with E-state index in [2.05, 4.69) is 117 Å². The maximum absolute atomic E-state index is 14.5. The van der Waals surface area contributed by atoms with Crippen molar-refractivity contribution in [3.63, 3.8) is 0 Å². The quantitative estimate of drug-likeness (QED) is 0.104. The van der Waals surface area contributed by atoms with Crippen LogP contribution in [0.3, 0.4) is 0 Å². The van der Waals surface area contributed by atoms with Crippen LogP contribution in [-0.2, 0) is 23.1 Å². The summed E-state index contributed by atoms with van der Waals surface area (Å²) >= 11 is 1.67. The van der Waals surface area contributed by atoms with Gasteiger partial charge in [0.15, 0.2) is 22.9 Å². The molecule has 2 heterocycles. The minimum absolute atomic E-state index is 0.0149. The third-order valence-corrected chi connectivity index (χ3v) is 22.0. The summed E-state index contributed by atoms with van der Waals surface area (Å²) in [7, 11) is -4.23. The molecule has 0 aliphatic carbocycles. The van der Waals surface area contributed by atoms with Gasteiger partial charge in [0, 0.05) is 29.9 Å². The first-order valence-electron chi connectivity index (χ1n) is 20.4. The van der Waals surface area contributed by atoms with Gasteiger partial charge < -0.3 is 23.4 Å². The van der Waals surface area contributed by atoms with Gasteiger partial charge in [0.2, 0.25) is 0 Å². The van der Waals surface area contributed by atoms with E-state index in [9.17, 15) is 9.90 Å². The van der Waals surface area contributed by atoms with Crippen molar-refractivity contribution in [2.45, 2.75) is 196 Å². The number of ether oxygens (including phenoxy) is 2. The van der Waals surface area contributed by atoms with Gasteiger partial charge in [0.1, 0.15) is 5.78 Å². The van der Waals surface area contributed by atoms with Gasteiger partial charge in [-0.3, -0.25) is 4.79 Å². The Bertz CT molecular complexity index is 1420. The number of nitrogens with zero attached hydrogens (tertiary/aromatic N) is 1. The molecule has 0 radical (unpaired) electrons. The maximum atomic E-state index is 14.5. The molecule has 0 spiro atoms. The summed E-state index contributed by atoms with van der Waals surface area (Å²) in [5.41, 5.74) is 3.74. The maximum Gasteiger partial charge on any atom is 0.192 e. The van der Waals surface area contributed by atoms with E-state index in [-0.39, 0.29) is 34.9 Å². The fourth-order valence-corrected chi connectivity index (χ4v) is 9.78. The highest BCUT2D eigenvalue weighted by atomic mass is 32.1. The molecule has 0 bridgehead atoms. The van der Waals surface area contributed by atoms with Crippen molar-refractivity contribution in [2.75, 3.05) is 13.2 Å². The van der Waals surface area contributed by atoms with Crippen LogP contribution >= 0.6 is 11.3 Å². The lowest BCUT2D eigenvalue weighted by molar-refractivity contribution is -0.191. The highest BCUT2D eigenvalue weighted by molar-refractivity contribution is 7.09. The molecule has 310 valence electrons. The number of aliphatic hydroxyl groups is 1. The Balaban J connectivity index is 2.31. The Morgan fingerprint density at radius 2 is 1.59 bits per heavy atom. The second kappa shape index (κ2) is 20.4. The van der Waals surface area contributed by atoms with E-state index in [0.717, 1.165) is 54.8 Å². The molecule has 1 aromatic heterocycles. The fraction of sp³-hybridized carbons (Fsp3) is 0.773. The van der Waals surface area contributed by atoms with E-state index in [1.807, 2.05) is 27.7 Å². The third-order valence-electron chi connectivity index (χ3n) is 12.3. The van der Waals surface area contributed by atoms with E-state index in [4.69, 9.17) is 18.3 Å². The first-order chi connectivity index (χ1) is 24.7. The molecule has 0 aromatic carbocycles. The van der Waals surface area contributed by atoms with Crippen molar-refractivity contribution in [2.24, 2.45) is 11.3 Å². The second-order valence-electron chi connectivity index (χ2n) is 19.4. The van der Waals surface area contributed by atoms with Crippen LogP contribution in [-0.4, -0.2) is 70.3 Å². The molecule has 1 aliphatic rings. The lowest BCUT2D eigenvalue weighted by atomic mass is 9.74. The third kappa shape index (κ3) is 14.3. The smallest absolute Gasteiger partial charge is 0.192 e. The zero-order chi connectivity index (χ0) is 41.3. The molecule has 1 saturated heterocycles. The van der Waals surface area contributed by atoms with Crippen molar-refractivity contribution in [1.29, 1.82) is 0 Å². The molecule has 1 aromatic rings. The number of hydrogen-bond donors (Lipinski definition) is 1. The molecule has 1 aliphatic heterocycles. The van der Waals surface area contributed by atoms with Gasteiger partial charge in [-0.2, -0.15) is 0 Å².